The zero-order valence-electron chi connectivity index (χ0n) is 9.91. The lowest BCUT2D eigenvalue weighted by molar-refractivity contribution is 0.182. The van der Waals surface area contributed by atoms with E-state index in [9.17, 15) is 4.79 Å². The van der Waals surface area contributed by atoms with Crippen molar-refractivity contribution in [2.75, 3.05) is 0 Å². The van der Waals surface area contributed by atoms with Crippen molar-refractivity contribution in [1.29, 1.82) is 0 Å². The predicted octanol–water partition coefficient (Wildman–Crippen LogP) is 2.82. The molecule has 5 heteroatoms. The Morgan fingerprint density at radius 1 is 1.59 bits per heavy atom. The Morgan fingerprint density at radius 3 is 2.94 bits per heavy atom. The van der Waals surface area contributed by atoms with Crippen LogP contribution in [0.2, 0.25) is 0 Å². The maximum Gasteiger partial charge on any atom is 0.329 e. The Bertz CT molecular complexity index is 462. The Kier molecular flexibility index (Phi) is 3.58. The van der Waals surface area contributed by atoms with Crippen molar-refractivity contribution in [2.45, 2.75) is 26.4 Å². The van der Waals surface area contributed by atoms with Crippen LogP contribution in [0.25, 0.3) is 0 Å². The van der Waals surface area contributed by atoms with Gasteiger partial charge in [0.1, 0.15) is 6.33 Å². The number of imidazole rings is 1. The van der Waals surface area contributed by atoms with Crippen molar-refractivity contribution >= 4 is 17.4 Å². The minimum absolute atomic E-state index is 0.0362. The molecule has 0 aliphatic heterocycles. The standard InChI is InChI=1S/C12H15N3OS/c1-10(2)15(8-11-4-3-7-17-11)12(16)14-6-5-13-9-14/h3-7,9-10H,8H2,1-2H3. The molecule has 2 rings (SSSR count). The highest BCUT2D eigenvalue weighted by atomic mass is 32.1. The summed E-state index contributed by atoms with van der Waals surface area (Å²) in [5.74, 6) is 0. The molecule has 4 nitrogen and oxygen atoms in total. The molecule has 0 spiro atoms. The van der Waals surface area contributed by atoms with Crippen LogP contribution in [-0.2, 0) is 6.54 Å². The van der Waals surface area contributed by atoms with E-state index in [1.165, 1.54) is 15.8 Å². The summed E-state index contributed by atoms with van der Waals surface area (Å²) in [6.45, 7) is 4.68. The van der Waals surface area contributed by atoms with Gasteiger partial charge in [-0.3, -0.25) is 4.57 Å². The fraction of sp³-hybridized carbons (Fsp3) is 0.333. The summed E-state index contributed by atoms with van der Waals surface area (Å²) in [5, 5.41) is 2.02. The van der Waals surface area contributed by atoms with E-state index in [0.717, 1.165) is 0 Å². The molecule has 0 saturated carbocycles. The van der Waals surface area contributed by atoms with Crippen LogP contribution in [0.4, 0.5) is 4.79 Å². The van der Waals surface area contributed by atoms with Gasteiger partial charge in [0.05, 0.1) is 6.54 Å². The van der Waals surface area contributed by atoms with Gasteiger partial charge < -0.3 is 4.90 Å². The highest BCUT2D eigenvalue weighted by Crippen LogP contribution is 2.15. The second-order valence-corrected chi connectivity index (χ2v) is 5.09. The number of hydrogen-bond donors (Lipinski definition) is 0. The van der Waals surface area contributed by atoms with Crippen LogP contribution < -0.4 is 0 Å². The summed E-state index contributed by atoms with van der Waals surface area (Å²) in [7, 11) is 0. The first kappa shape index (κ1) is 11.9. The van der Waals surface area contributed by atoms with E-state index in [4.69, 9.17) is 0 Å². The number of carbonyl (C=O) groups is 1. The van der Waals surface area contributed by atoms with Gasteiger partial charge in [0.2, 0.25) is 0 Å². The lowest BCUT2D eigenvalue weighted by Gasteiger charge is -2.26. The minimum Gasteiger partial charge on any atom is -0.316 e. The summed E-state index contributed by atoms with van der Waals surface area (Å²) in [6.07, 6.45) is 4.82. The quantitative estimate of drug-likeness (QED) is 0.839. The molecule has 0 bridgehead atoms. The Morgan fingerprint density at radius 2 is 2.41 bits per heavy atom. The first-order chi connectivity index (χ1) is 8.18. The van der Waals surface area contributed by atoms with Crippen LogP contribution in [0.15, 0.2) is 36.2 Å². The zero-order valence-corrected chi connectivity index (χ0v) is 10.7. The maximum absolute atomic E-state index is 12.2. The minimum atomic E-state index is -0.0362. The molecule has 0 saturated heterocycles. The van der Waals surface area contributed by atoms with Crippen LogP contribution in [0.1, 0.15) is 18.7 Å². The largest absolute Gasteiger partial charge is 0.329 e. The third-order valence-electron chi connectivity index (χ3n) is 2.50. The Hall–Kier alpha value is -1.62. The summed E-state index contributed by atoms with van der Waals surface area (Å²) in [4.78, 5) is 19.1. The highest BCUT2D eigenvalue weighted by Gasteiger charge is 2.18. The van der Waals surface area contributed by atoms with Gasteiger partial charge in [0.25, 0.3) is 0 Å². The monoisotopic (exact) mass is 249 g/mol. The van der Waals surface area contributed by atoms with Crippen molar-refractivity contribution < 1.29 is 4.79 Å². The lowest BCUT2D eigenvalue weighted by atomic mass is 10.3. The van der Waals surface area contributed by atoms with Crippen molar-refractivity contribution in [3.63, 3.8) is 0 Å². The molecule has 0 atom stereocenters. The smallest absolute Gasteiger partial charge is 0.316 e. The molecule has 2 heterocycles. The molecule has 0 aliphatic rings. The normalized spacial score (nSPS) is 10.8. The fourth-order valence-corrected chi connectivity index (χ4v) is 2.26. The molecule has 17 heavy (non-hydrogen) atoms. The molecule has 90 valence electrons. The predicted molar refractivity (Wildman–Crippen MR) is 68.0 cm³/mol. The average molecular weight is 249 g/mol. The number of thiophene rings is 1. The van der Waals surface area contributed by atoms with Gasteiger partial charge in [-0.1, -0.05) is 6.07 Å². The van der Waals surface area contributed by atoms with Crippen LogP contribution >= 0.6 is 11.3 Å². The molecule has 0 aromatic carbocycles. The lowest BCUT2D eigenvalue weighted by Crippen LogP contribution is -2.38. The van der Waals surface area contributed by atoms with Crippen LogP contribution in [-0.4, -0.2) is 26.5 Å². The van der Waals surface area contributed by atoms with Gasteiger partial charge in [-0.2, -0.15) is 0 Å². The molecule has 0 N–H and O–H groups in total. The summed E-state index contributed by atoms with van der Waals surface area (Å²) >= 11 is 1.66. The van der Waals surface area contributed by atoms with Crippen LogP contribution in [0.3, 0.4) is 0 Å². The van der Waals surface area contributed by atoms with E-state index in [2.05, 4.69) is 4.98 Å². The van der Waals surface area contributed by atoms with Gasteiger partial charge in [-0.05, 0) is 25.3 Å². The number of aromatic nitrogens is 2. The van der Waals surface area contributed by atoms with Crippen molar-refractivity contribution in [2.24, 2.45) is 0 Å². The van der Waals surface area contributed by atoms with E-state index in [1.807, 2.05) is 36.3 Å². The zero-order chi connectivity index (χ0) is 12.3. The fourth-order valence-electron chi connectivity index (χ4n) is 1.56. The third kappa shape index (κ3) is 2.74. The molecule has 0 radical (unpaired) electrons. The SMILES string of the molecule is CC(C)N(Cc1cccs1)C(=O)n1ccnc1. The van der Waals surface area contributed by atoms with Gasteiger partial charge in [-0.15, -0.1) is 11.3 Å². The maximum atomic E-state index is 12.2. The number of rotatable bonds is 3. The van der Waals surface area contributed by atoms with E-state index >= 15 is 0 Å². The van der Waals surface area contributed by atoms with E-state index in [-0.39, 0.29) is 12.1 Å². The van der Waals surface area contributed by atoms with Crippen LogP contribution in [0.5, 0.6) is 0 Å². The second-order valence-electron chi connectivity index (χ2n) is 4.05. The highest BCUT2D eigenvalue weighted by molar-refractivity contribution is 7.09. The van der Waals surface area contributed by atoms with Crippen LogP contribution in [0, 0.1) is 0 Å². The molecule has 0 fully saturated rings. The van der Waals surface area contributed by atoms with Crippen molar-refractivity contribution in [3.05, 3.63) is 41.1 Å². The molecule has 0 aliphatic carbocycles. The third-order valence-corrected chi connectivity index (χ3v) is 3.36. The van der Waals surface area contributed by atoms with Crippen molar-refractivity contribution in [1.82, 2.24) is 14.5 Å². The van der Waals surface area contributed by atoms with Gasteiger partial charge in [0.15, 0.2) is 0 Å². The topological polar surface area (TPSA) is 38.1 Å². The Balaban J connectivity index is 2.15. The Labute approximate surface area is 105 Å². The number of hydrogen-bond acceptors (Lipinski definition) is 3. The van der Waals surface area contributed by atoms with E-state index in [1.54, 1.807) is 23.7 Å². The molecular formula is C12H15N3OS. The van der Waals surface area contributed by atoms with Gasteiger partial charge >= 0.3 is 6.03 Å². The molecular weight excluding hydrogens is 234 g/mol. The average Bonchev–Trinajstić information content (AvgIpc) is 2.97. The summed E-state index contributed by atoms with van der Waals surface area (Å²) in [6, 6.07) is 4.17. The number of carbonyl (C=O) groups excluding carboxylic acids is 1. The second kappa shape index (κ2) is 5.14. The van der Waals surface area contributed by atoms with Crippen molar-refractivity contribution in [3.8, 4) is 0 Å². The van der Waals surface area contributed by atoms with Gasteiger partial charge in [-0.25, -0.2) is 9.78 Å². The number of nitrogens with zero attached hydrogens (tertiary/aromatic N) is 3. The molecule has 0 unspecified atom stereocenters. The summed E-state index contributed by atoms with van der Waals surface area (Å²) in [5.41, 5.74) is 0. The summed E-state index contributed by atoms with van der Waals surface area (Å²) < 4.78 is 1.51. The van der Waals surface area contributed by atoms with E-state index in [0.29, 0.717) is 6.54 Å². The first-order valence-corrected chi connectivity index (χ1v) is 6.37. The molecule has 1 amide bonds. The van der Waals surface area contributed by atoms with Gasteiger partial charge in [0, 0.05) is 23.3 Å². The first-order valence-electron chi connectivity index (χ1n) is 5.50. The number of amides is 1. The van der Waals surface area contributed by atoms with E-state index < -0.39 is 0 Å². The molecule has 2 aromatic heterocycles. The molecule has 2 aromatic rings.